The fraction of sp³-hybridized carbons (Fsp3) is 0.455. The van der Waals surface area contributed by atoms with Crippen molar-refractivity contribution >= 4 is 17.9 Å². The molecule has 0 atom stereocenters. The number of amides is 1. The molecule has 0 aromatic carbocycles. The lowest BCUT2D eigenvalue weighted by molar-refractivity contribution is -0.136. The Hall–Kier alpha value is -2.78. The summed E-state index contributed by atoms with van der Waals surface area (Å²) < 4.78 is 6.54. The molecule has 0 saturated heterocycles. The first-order valence-corrected chi connectivity index (χ1v) is 6.34. The van der Waals surface area contributed by atoms with Crippen molar-refractivity contribution < 1.29 is 19.1 Å². The van der Waals surface area contributed by atoms with E-state index >= 15 is 0 Å². The van der Waals surface area contributed by atoms with Crippen molar-refractivity contribution in [2.75, 3.05) is 5.32 Å². The first-order valence-electron chi connectivity index (χ1n) is 6.34. The Bertz CT molecular complexity index is 674. The van der Waals surface area contributed by atoms with Crippen LogP contribution in [0.1, 0.15) is 30.3 Å². The SMILES string of the molecule is O=C(O)Cc1cn(CC(=O)Nc2nnc(C3CC3)o2)nn1. The molecule has 0 aliphatic heterocycles. The van der Waals surface area contributed by atoms with Crippen molar-refractivity contribution in [2.45, 2.75) is 31.7 Å². The zero-order valence-electron chi connectivity index (χ0n) is 10.9. The molecule has 1 amide bonds. The van der Waals surface area contributed by atoms with Gasteiger partial charge in [-0.3, -0.25) is 14.9 Å². The van der Waals surface area contributed by atoms with Crippen LogP contribution in [-0.4, -0.2) is 42.2 Å². The first-order chi connectivity index (χ1) is 10.1. The number of anilines is 1. The van der Waals surface area contributed by atoms with Gasteiger partial charge in [0.05, 0.1) is 12.1 Å². The predicted molar refractivity (Wildman–Crippen MR) is 66.3 cm³/mol. The molecule has 21 heavy (non-hydrogen) atoms. The van der Waals surface area contributed by atoms with Crippen molar-refractivity contribution in [1.29, 1.82) is 0 Å². The number of aliphatic carboxylic acids is 1. The summed E-state index contributed by atoms with van der Waals surface area (Å²) in [7, 11) is 0. The molecular weight excluding hydrogens is 280 g/mol. The average molecular weight is 292 g/mol. The summed E-state index contributed by atoms with van der Waals surface area (Å²) in [5.74, 6) is -0.565. The Morgan fingerprint density at radius 3 is 2.90 bits per heavy atom. The predicted octanol–water partition coefficient (Wildman–Crippen LogP) is -0.196. The van der Waals surface area contributed by atoms with Crippen LogP contribution in [0, 0.1) is 0 Å². The van der Waals surface area contributed by atoms with Crippen molar-refractivity contribution in [3.63, 3.8) is 0 Å². The lowest BCUT2D eigenvalue weighted by atomic mass is 10.3. The van der Waals surface area contributed by atoms with E-state index in [2.05, 4.69) is 25.8 Å². The van der Waals surface area contributed by atoms with Gasteiger partial charge in [0.1, 0.15) is 6.54 Å². The van der Waals surface area contributed by atoms with Gasteiger partial charge in [0.15, 0.2) is 0 Å². The largest absolute Gasteiger partial charge is 0.481 e. The molecule has 2 aromatic rings. The van der Waals surface area contributed by atoms with Crippen molar-refractivity contribution in [3.05, 3.63) is 17.8 Å². The maximum atomic E-state index is 11.8. The van der Waals surface area contributed by atoms with Crippen LogP contribution in [0.3, 0.4) is 0 Å². The highest BCUT2D eigenvalue weighted by atomic mass is 16.4. The maximum absolute atomic E-state index is 11.8. The van der Waals surface area contributed by atoms with Crippen molar-refractivity contribution in [1.82, 2.24) is 25.2 Å². The number of carboxylic acids is 1. The minimum atomic E-state index is -1.01. The highest BCUT2D eigenvalue weighted by molar-refractivity contribution is 5.88. The Morgan fingerprint density at radius 1 is 1.38 bits per heavy atom. The quantitative estimate of drug-likeness (QED) is 0.747. The summed E-state index contributed by atoms with van der Waals surface area (Å²) in [5, 5.41) is 26.0. The number of aromatic nitrogens is 5. The van der Waals surface area contributed by atoms with Gasteiger partial charge in [0.2, 0.25) is 11.8 Å². The summed E-state index contributed by atoms with van der Waals surface area (Å²) in [6.45, 7) is -0.117. The lowest BCUT2D eigenvalue weighted by Crippen LogP contribution is -2.19. The van der Waals surface area contributed by atoms with E-state index in [1.807, 2.05) is 0 Å². The molecule has 2 heterocycles. The van der Waals surface area contributed by atoms with E-state index in [9.17, 15) is 9.59 Å². The number of nitrogens with zero attached hydrogens (tertiary/aromatic N) is 5. The smallest absolute Gasteiger partial charge is 0.322 e. The zero-order chi connectivity index (χ0) is 14.8. The first kappa shape index (κ1) is 13.2. The highest BCUT2D eigenvalue weighted by Gasteiger charge is 2.29. The lowest BCUT2D eigenvalue weighted by Gasteiger charge is -1.99. The number of carbonyl (C=O) groups excluding carboxylic acids is 1. The molecule has 0 unspecified atom stereocenters. The molecule has 1 fully saturated rings. The minimum Gasteiger partial charge on any atom is -0.481 e. The molecule has 10 heteroatoms. The summed E-state index contributed by atoms with van der Waals surface area (Å²) in [6.07, 6.45) is 3.22. The van der Waals surface area contributed by atoms with E-state index in [0.29, 0.717) is 11.8 Å². The third-order valence-corrected chi connectivity index (χ3v) is 2.84. The standard InChI is InChI=1S/C11H12N6O4/c18-8(5-17-4-7(13-16-17)3-9(19)20)12-11-15-14-10(21-11)6-1-2-6/h4,6H,1-3,5H2,(H,19,20)(H,12,15,18). The van der Waals surface area contributed by atoms with E-state index in [0.717, 1.165) is 12.8 Å². The number of hydrogen-bond acceptors (Lipinski definition) is 7. The van der Waals surface area contributed by atoms with E-state index in [1.165, 1.54) is 10.9 Å². The molecule has 1 aliphatic rings. The number of carboxylic acid groups (broad SMARTS) is 1. The van der Waals surface area contributed by atoms with Gasteiger partial charge >= 0.3 is 12.0 Å². The fourth-order valence-electron chi connectivity index (χ4n) is 1.74. The van der Waals surface area contributed by atoms with Crippen LogP contribution in [0.25, 0.3) is 0 Å². The zero-order valence-corrected chi connectivity index (χ0v) is 10.9. The van der Waals surface area contributed by atoms with E-state index < -0.39 is 11.9 Å². The summed E-state index contributed by atoms with van der Waals surface area (Å²) in [4.78, 5) is 22.3. The van der Waals surface area contributed by atoms with Gasteiger partial charge < -0.3 is 9.52 Å². The maximum Gasteiger partial charge on any atom is 0.322 e. The Labute approximate surface area is 118 Å². The second-order valence-corrected chi connectivity index (χ2v) is 4.75. The Balaban J connectivity index is 1.55. The monoisotopic (exact) mass is 292 g/mol. The van der Waals surface area contributed by atoms with Gasteiger partial charge in [-0.05, 0) is 12.8 Å². The molecule has 2 N–H and O–H groups in total. The van der Waals surface area contributed by atoms with Gasteiger partial charge in [-0.1, -0.05) is 10.3 Å². The fourth-order valence-corrected chi connectivity index (χ4v) is 1.74. The molecule has 110 valence electrons. The van der Waals surface area contributed by atoms with E-state index in [-0.39, 0.29) is 24.7 Å². The normalized spacial score (nSPS) is 14.1. The van der Waals surface area contributed by atoms with Gasteiger partial charge in [0.25, 0.3) is 0 Å². The number of nitrogens with one attached hydrogen (secondary N) is 1. The molecule has 10 nitrogen and oxygen atoms in total. The van der Waals surface area contributed by atoms with Gasteiger partial charge in [-0.2, -0.15) is 0 Å². The van der Waals surface area contributed by atoms with E-state index in [4.69, 9.17) is 9.52 Å². The van der Waals surface area contributed by atoms with Crippen LogP contribution in [0.15, 0.2) is 10.6 Å². The van der Waals surface area contributed by atoms with Gasteiger partial charge in [-0.25, -0.2) is 4.68 Å². The van der Waals surface area contributed by atoms with Crippen LogP contribution in [0.4, 0.5) is 6.01 Å². The topological polar surface area (TPSA) is 136 Å². The number of carbonyl (C=O) groups is 2. The van der Waals surface area contributed by atoms with E-state index in [1.54, 1.807) is 0 Å². The van der Waals surface area contributed by atoms with Crippen LogP contribution < -0.4 is 5.32 Å². The number of rotatable bonds is 6. The van der Waals surface area contributed by atoms with Crippen LogP contribution in [-0.2, 0) is 22.6 Å². The third kappa shape index (κ3) is 3.41. The molecule has 0 bridgehead atoms. The number of hydrogen-bond donors (Lipinski definition) is 2. The van der Waals surface area contributed by atoms with Gasteiger partial charge in [0, 0.05) is 12.1 Å². The Morgan fingerprint density at radius 2 is 2.19 bits per heavy atom. The molecule has 3 rings (SSSR count). The second-order valence-electron chi connectivity index (χ2n) is 4.75. The summed E-state index contributed by atoms with van der Waals surface area (Å²) >= 11 is 0. The summed E-state index contributed by atoms with van der Waals surface area (Å²) in [5.41, 5.74) is 0.282. The molecule has 0 spiro atoms. The third-order valence-electron chi connectivity index (χ3n) is 2.84. The summed E-state index contributed by atoms with van der Waals surface area (Å²) in [6, 6.07) is 0.0489. The van der Waals surface area contributed by atoms with Crippen LogP contribution >= 0.6 is 0 Å². The van der Waals surface area contributed by atoms with Crippen LogP contribution in [0.2, 0.25) is 0 Å². The minimum absolute atomic E-state index is 0.0489. The Kier molecular flexibility index (Phi) is 3.34. The molecular formula is C11H12N6O4. The molecule has 2 aromatic heterocycles. The highest BCUT2D eigenvalue weighted by Crippen LogP contribution is 2.39. The van der Waals surface area contributed by atoms with Crippen molar-refractivity contribution in [3.8, 4) is 0 Å². The molecule has 1 aliphatic carbocycles. The second kappa shape index (κ2) is 5.31. The molecule has 0 radical (unpaired) electrons. The van der Waals surface area contributed by atoms with Crippen molar-refractivity contribution in [2.24, 2.45) is 0 Å². The van der Waals surface area contributed by atoms with Gasteiger partial charge in [-0.15, -0.1) is 10.2 Å². The van der Waals surface area contributed by atoms with Crippen LogP contribution in [0.5, 0.6) is 0 Å². The average Bonchev–Trinajstić information content (AvgIpc) is 3.02. The molecule has 1 saturated carbocycles.